The van der Waals surface area contributed by atoms with Gasteiger partial charge in [-0.25, -0.2) is 17.4 Å². The first kappa shape index (κ1) is 9.67. The Labute approximate surface area is 89.7 Å². The Morgan fingerprint density at radius 2 is 2.21 bits per heavy atom. The summed E-state index contributed by atoms with van der Waals surface area (Å²) in [5, 5.41) is 0.790. The third kappa shape index (κ3) is 1.44. The molecule has 2 aromatic heterocycles. The smallest absolute Gasteiger partial charge is 0.237 e. The summed E-state index contributed by atoms with van der Waals surface area (Å²) >= 11 is 3.28. The van der Waals surface area contributed by atoms with Crippen molar-refractivity contribution in [3.63, 3.8) is 0 Å². The largest absolute Gasteiger partial charge is 0.237 e. The fourth-order valence-corrected chi connectivity index (χ4v) is 2.65. The van der Waals surface area contributed by atoms with E-state index < -0.39 is 10.0 Å². The molecule has 0 fully saturated rings. The van der Waals surface area contributed by atoms with E-state index in [0.717, 1.165) is 20.1 Å². The minimum absolute atomic E-state index is 0.446. The minimum atomic E-state index is -3.28. The summed E-state index contributed by atoms with van der Waals surface area (Å²) in [7, 11) is -3.28. The molecule has 14 heavy (non-hydrogen) atoms. The van der Waals surface area contributed by atoms with Gasteiger partial charge in [0.25, 0.3) is 0 Å². The highest BCUT2D eigenvalue weighted by molar-refractivity contribution is 9.10. The maximum atomic E-state index is 11.4. The summed E-state index contributed by atoms with van der Waals surface area (Å²) in [5.41, 5.74) is 0.446. The van der Waals surface area contributed by atoms with Gasteiger partial charge in [-0.3, -0.25) is 0 Å². The summed E-state index contributed by atoms with van der Waals surface area (Å²) in [6, 6.07) is 3.58. The van der Waals surface area contributed by atoms with Crippen LogP contribution < -0.4 is 0 Å². The highest BCUT2D eigenvalue weighted by Gasteiger charge is 2.13. The normalized spacial score (nSPS) is 12.1. The van der Waals surface area contributed by atoms with E-state index in [4.69, 9.17) is 0 Å². The molecule has 74 valence electrons. The van der Waals surface area contributed by atoms with Crippen LogP contribution in [0.4, 0.5) is 0 Å². The number of hydrogen-bond donors (Lipinski definition) is 0. The van der Waals surface area contributed by atoms with E-state index in [1.807, 2.05) is 6.07 Å². The van der Waals surface area contributed by atoms with E-state index in [1.165, 1.54) is 6.20 Å². The number of fused-ring (bicyclic) bond motifs is 1. The summed E-state index contributed by atoms with van der Waals surface area (Å²) in [5.74, 6) is 0. The molecule has 0 aliphatic rings. The van der Waals surface area contributed by atoms with Crippen molar-refractivity contribution in [2.45, 2.75) is 0 Å². The maximum Gasteiger partial charge on any atom is 0.237 e. The van der Waals surface area contributed by atoms with Gasteiger partial charge in [0, 0.05) is 22.3 Å². The number of halogens is 1. The van der Waals surface area contributed by atoms with E-state index in [9.17, 15) is 8.42 Å². The molecular formula is C8H7BrN2O2S. The van der Waals surface area contributed by atoms with Gasteiger partial charge in [-0.1, -0.05) is 0 Å². The zero-order chi connectivity index (χ0) is 10.3. The van der Waals surface area contributed by atoms with Crippen LogP contribution in [0.2, 0.25) is 0 Å². The first-order chi connectivity index (χ1) is 6.50. The molecule has 0 aliphatic heterocycles. The lowest BCUT2D eigenvalue weighted by Crippen LogP contribution is -2.08. The van der Waals surface area contributed by atoms with Gasteiger partial charge < -0.3 is 0 Å². The lowest BCUT2D eigenvalue weighted by atomic mass is 10.3. The molecule has 2 rings (SSSR count). The van der Waals surface area contributed by atoms with E-state index in [-0.39, 0.29) is 0 Å². The third-order valence-corrected chi connectivity index (χ3v) is 3.47. The standard InChI is InChI=1S/C8H7BrN2O2S/c1-14(12,13)11-5-7(9)6-3-2-4-10-8(6)11/h2-5H,1H3. The van der Waals surface area contributed by atoms with Crippen molar-refractivity contribution >= 4 is 37.0 Å². The van der Waals surface area contributed by atoms with Gasteiger partial charge in [0.05, 0.1) is 6.26 Å². The first-order valence-electron chi connectivity index (χ1n) is 3.82. The predicted molar refractivity (Wildman–Crippen MR) is 57.7 cm³/mol. The summed E-state index contributed by atoms with van der Waals surface area (Å²) in [4.78, 5) is 4.02. The van der Waals surface area contributed by atoms with E-state index in [0.29, 0.717) is 5.65 Å². The average molecular weight is 275 g/mol. The molecule has 0 unspecified atom stereocenters. The Hall–Kier alpha value is -0.880. The molecule has 4 nitrogen and oxygen atoms in total. The van der Waals surface area contributed by atoms with Gasteiger partial charge in [-0.15, -0.1) is 0 Å². The number of pyridine rings is 1. The van der Waals surface area contributed by atoms with Crippen molar-refractivity contribution < 1.29 is 8.42 Å². The quantitative estimate of drug-likeness (QED) is 0.794. The van der Waals surface area contributed by atoms with Gasteiger partial charge >= 0.3 is 0 Å². The molecule has 0 atom stereocenters. The SMILES string of the molecule is CS(=O)(=O)n1cc(Br)c2cccnc21. The molecule has 0 spiro atoms. The molecule has 0 radical (unpaired) electrons. The molecule has 6 heteroatoms. The fourth-order valence-electron chi connectivity index (χ4n) is 1.25. The highest BCUT2D eigenvalue weighted by Crippen LogP contribution is 2.25. The lowest BCUT2D eigenvalue weighted by molar-refractivity contribution is 0.595. The summed E-state index contributed by atoms with van der Waals surface area (Å²) < 4.78 is 24.6. The molecular weight excluding hydrogens is 268 g/mol. The van der Waals surface area contributed by atoms with Gasteiger partial charge in [0.2, 0.25) is 10.0 Å². The Morgan fingerprint density at radius 3 is 2.86 bits per heavy atom. The van der Waals surface area contributed by atoms with Gasteiger partial charge in [-0.05, 0) is 28.1 Å². The zero-order valence-corrected chi connectivity index (χ0v) is 9.71. The second-order valence-electron chi connectivity index (χ2n) is 2.91. The Kier molecular flexibility index (Phi) is 2.11. The summed E-state index contributed by atoms with van der Waals surface area (Å²) in [6.07, 6.45) is 4.22. The van der Waals surface area contributed by atoms with Crippen molar-refractivity contribution in [2.75, 3.05) is 6.26 Å². The Bertz CT molecular complexity index is 588. The fraction of sp³-hybridized carbons (Fsp3) is 0.125. The van der Waals surface area contributed by atoms with E-state index in [1.54, 1.807) is 12.3 Å². The molecule has 0 saturated carbocycles. The van der Waals surface area contributed by atoms with Crippen molar-refractivity contribution in [2.24, 2.45) is 0 Å². The number of hydrogen-bond acceptors (Lipinski definition) is 3. The molecule has 0 aromatic carbocycles. The minimum Gasteiger partial charge on any atom is -0.237 e. The summed E-state index contributed by atoms with van der Waals surface area (Å²) in [6.45, 7) is 0. The Morgan fingerprint density at radius 1 is 1.50 bits per heavy atom. The number of rotatable bonds is 1. The molecule has 2 aromatic rings. The van der Waals surface area contributed by atoms with Crippen LogP contribution in [0.25, 0.3) is 11.0 Å². The van der Waals surface area contributed by atoms with Gasteiger partial charge in [0.15, 0.2) is 5.65 Å². The van der Waals surface area contributed by atoms with Crippen molar-refractivity contribution in [3.05, 3.63) is 29.0 Å². The third-order valence-electron chi connectivity index (χ3n) is 1.84. The van der Waals surface area contributed by atoms with Crippen LogP contribution in [-0.2, 0) is 10.0 Å². The molecule has 0 aliphatic carbocycles. The molecule has 0 N–H and O–H groups in total. The molecule has 0 amide bonds. The zero-order valence-electron chi connectivity index (χ0n) is 7.31. The maximum absolute atomic E-state index is 11.4. The van der Waals surface area contributed by atoms with E-state index in [2.05, 4.69) is 20.9 Å². The van der Waals surface area contributed by atoms with Crippen molar-refractivity contribution in [1.82, 2.24) is 8.96 Å². The Balaban J connectivity index is 2.93. The van der Waals surface area contributed by atoms with Gasteiger partial charge in [0.1, 0.15) is 0 Å². The highest BCUT2D eigenvalue weighted by atomic mass is 79.9. The van der Waals surface area contributed by atoms with Crippen LogP contribution in [-0.4, -0.2) is 23.6 Å². The van der Waals surface area contributed by atoms with Crippen LogP contribution in [0, 0.1) is 0 Å². The van der Waals surface area contributed by atoms with Crippen molar-refractivity contribution in [3.8, 4) is 0 Å². The molecule has 0 bridgehead atoms. The monoisotopic (exact) mass is 274 g/mol. The van der Waals surface area contributed by atoms with Crippen LogP contribution in [0.3, 0.4) is 0 Å². The number of nitrogens with zero attached hydrogens (tertiary/aromatic N) is 2. The number of aromatic nitrogens is 2. The van der Waals surface area contributed by atoms with Gasteiger partial charge in [-0.2, -0.15) is 0 Å². The average Bonchev–Trinajstić information content (AvgIpc) is 2.44. The van der Waals surface area contributed by atoms with Crippen LogP contribution in [0.1, 0.15) is 0 Å². The molecule has 2 heterocycles. The predicted octanol–water partition coefficient (Wildman–Crippen LogP) is 1.61. The topological polar surface area (TPSA) is 52.0 Å². The lowest BCUT2D eigenvalue weighted by Gasteiger charge is -1.98. The van der Waals surface area contributed by atoms with Crippen LogP contribution >= 0.6 is 15.9 Å². The molecule has 0 saturated heterocycles. The van der Waals surface area contributed by atoms with Crippen molar-refractivity contribution in [1.29, 1.82) is 0 Å². The van der Waals surface area contributed by atoms with Crippen LogP contribution in [0.5, 0.6) is 0 Å². The second kappa shape index (κ2) is 3.06. The van der Waals surface area contributed by atoms with E-state index >= 15 is 0 Å². The first-order valence-corrected chi connectivity index (χ1v) is 6.46. The van der Waals surface area contributed by atoms with Crippen LogP contribution in [0.15, 0.2) is 29.0 Å². The second-order valence-corrected chi connectivity index (χ2v) is 5.62.